The molecule has 0 aliphatic heterocycles. The molecule has 0 bridgehead atoms. The van der Waals surface area contributed by atoms with E-state index in [1.54, 1.807) is 6.08 Å². The van der Waals surface area contributed by atoms with Crippen molar-refractivity contribution in [3.8, 4) is 0 Å². The van der Waals surface area contributed by atoms with Gasteiger partial charge >= 0.3 is 5.97 Å². The zero-order valence-electron chi connectivity index (χ0n) is 12.1. The zero-order chi connectivity index (χ0) is 14.6. The van der Waals surface area contributed by atoms with E-state index in [0.717, 1.165) is 23.0 Å². The van der Waals surface area contributed by atoms with Gasteiger partial charge in [-0.1, -0.05) is 12.1 Å². The van der Waals surface area contributed by atoms with Gasteiger partial charge in [-0.2, -0.15) is 0 Å². The standard InChI is InChI=1S/C16H20O3/c1-11-8-13(9-12(2)14(11)10-17)6-7-15(18)19-16(3,4)5/h6-10H,1-5H3. The van der Waals surface area contributed by atoms with Gasteiger partial charge in [0, 0.05) is 11.6 Å². The summed E-state index contributed by atoms with van der Waals surface area (Å²) in [6.45, 7) is 9.23. The Labute approximate surface area is 114 Å². The third-order valence-electron chi connectivity index (χ3n) is 2.55. The molecule has 0 spiro atoms. The van der Waals surface area contributed by atoms with Crippen molar-refractivity contribution in [2.24, 2.45) is 0 Å². The summed E-state index contributed by atoms with van der Waals surface area (Å²) in [5.41, 5.74) is 2.90. The molecule has 0 aromatic heterocycles. The maximum Gasteiger partial charge on any atom is 0.331 e. The van der Waals surface area contributed by atoms with Gasteiger partial charge in [0.25, 0.3) is 0 Å². The molecule has 0 saturated heterocycles. The Hall–Kier alpha value is -1.90. The predicted molar refractivity (Wildman–Crippen MR) is 76.2 cm³/mol. The Morgan fingerprint density at radius 2 is 1.68 bits per heavy atom. The number of benzene rings is 1. The van der Waals surface area contributed by atoms with E-state index in [-0.39, 0.29) is 5.97 Å². The van der Waals surface area contributed by atoms with Crippen molar-refractivity contribution < 1.29 is 14.3 Å². The third kappa shape index (κ3) is 4.70. The first-order valence-electron chi connectivity index (χ1n) is 6.20. The second kappa shape index (κ2) is 5.83. The largest absolute Gasteiger partial charge is 0.457 e. The van der Waals surface area contributed by atoms with E-state index in [1.165, 1.54) is 6.08 Å². The van der Waals surface area contributed by atoms with Crippen molar-refractivity contribution in [2.45, 2.75) is 40.2 Å². The molecule has 0 aliphatic carbocycles. The number of carbonyl (C=O) groups is 2. The molecule has 0 fully saturated rings. The van der Waals surface area contributed by atoms with E-state index in [1.807, 2.05) is 46.8 Å². The molecule has 0 saturated carbocycles. The molecule has 0 heterocycles. The highest BCUT2D eigenvalue weighted by molar-refractivity contribution is 5.88. The van der Waals surface area contributed by atoms with Crippen molar-refractivity contribution >= 4 is 18.3 Å². The molecule has 0 aliphatic rings. The van der Waals surface area contributed by atoms with Crippen LogP contribution in [-0.4, -0.2) is 17.9 Å². The predicted octanol–water partition coefficient (Wildman–Crippen LogP) is 3.47. The SMILES string of the molecule is Cc1cc(C=CC(=O)OC(C)(C)C)cc(C)c1C=O. The van der Waals surface area contributed by atoms with Crippen molar-refractivity contribution in [1.82, 2.24) is 0 Å². The summed E-state index contributed by atoms with van der Waals surface area (Å²) in [6, 6.07) is 3.75. The molecule has 0 atom stereocenters. The zero-order valence-corrected chi connectivity index (χ0v) is 12.1. The summed E-state index contributed by atoms with van der Waals surface area (Å²) in [5, 5.41) is 0. The average molecular weight is 260 g/mol. The average Bonchev–Trinajstić information content (AvgIpc) is 2.23. The Bertz CT molecular complexity index is 496. The summed E-state index contributed by atoms with van der Waals surface area (Å²) in [6.07, 6.45) is 3.95. The summed E-state index contributed by atoms with van der Waals surface area (Å²) in [4.78, 5) is 22.4. The number of aryl methyl sites for hydroxylation is 2. The number of aldehydes is 1. The summed E-state index contributed by atoms with van der Waals surface area (Å²) in [5.74, 6) is -0.373. The number of ether oxygens (including phenoxy) is 1. The van der Waals surface area contributed by atoms with Crippen LogP contribution in [0.2, 0.25) is 0 Å². The minimum absolute atomic E-state index is 0.373. The highest BCUT2D eigenvalue weighted by Gasteiger charge is 2.13. The second-order valence-electron chi connectivity index (χ2n) is 5.55. The molecule has 0 radical (unpaired) electrons. The van der Waals surface area contributed by atoms with E-state index in [4.69, 9.17) is 4.74 Å². The van der Waals surface area contributed by atoms with Gasteiger partial charge in [-0.15, -0.1) is 0 Å². The summed E-state index contributed by atoms with van der Waals surface area (Å²) in [7, 11) is 0. The van der Waals surface area contributed by atoms with Crippen molar-refractivity contribution in [2.75, 3.05) is 0 Å². The van der Waals surface area contributed by atoms with Gasteiger partial charge in [0.15, 0.2) is 6.29 Å². The Morgan fingerprint density at radius 1 is 1.16 bits per heavy atom. The lowest BCUT2D eigenvalue weighted by atomic mass is 10.00. The molecular formula is C16H20O3. The fourth-order valence-electron chi connectivity index (χ4n) is 1.79. The van der Waals surface area contributed by atoms with Crippen LogP contribution in [0.15, 0.2) is 18.2 Å². The van der Waals surface area contributed by atoms with Gasteiger partial charge in [-0.3, -0.25) is 4.79 Å². The lowest BCUT2D eigenvalue weighted by Gasteiger charge is -2.17. The molecule has 3 nitrogen and oxygen atoms in total. The molecule has 1 aromatic rings. The van der Waals surface area contributed by atoms with Crippen LogP contribution in [0.5, 0.6) is 0 Å². The molecule has 1 rings (SSSR count). The molecule has 0 amide bonds. The number of rotatable bonds is 3. The van der Waals surface area contributed by atoms with Crippen LogP contribution >= 0.6 is 0 Å². The fourth-order valence-corrected chi connectivity index (χ4v) is 1.79. The number of carbonyl (C=O) groups excluding carboxylic acids is 2. The number of hydrogen-bond donors (Lipinski definition) is 0. The number of esters is 1. The van der Waals surface area contributed by atoms with Crippen LogP contribution in [0.1, 0.15) is 47.8 Å². The van der Waals surface area contributed by atoms with Gasteiger partial charge in [-0.05, 0) is 57.4 Å². The van der Waals surface area contributed by atoms with Crippen LogP contribution in [0.3, 0.4) is 0 Å². The maximum absolute atomic E-state index is 11.6. The van der Waals surface area contributed by atoms with Crippen LogP contribution in [0.4, 0.5) is 0 Å². The van der Waals surface area contributed by atoms with Crippen molar-refractivity contribution in [1.29, 1.82) is 0 Å². The first-order valence-corrected chi connectivity index (χ1v) is 6.20. The van der Waals surface area contributed by atoms with E-state index < -0.39 is 5.60 Å². The van der Waals surface area contributed by atoms with E-state index in [9.17, 15) is 9.59 Å². The smallest absolute Gasteiger partial charge is 0.331 e. The van der Waals surface area contributed by atoms with Gasteiger partial charge in [0.05, 0.1) is 0 Å². The van der Waals surface area contributed by atoms with E-state index in [0.29, 0.717) is 5.56 Å². The Kier molecular flexibility index (Phi) is 4.65. The quantitative estimate of drug-likeness (QED) is 0.475. The van der Waals surface area contributed by atoms with Crippen LogP contribution in [-0.2, 0) is 9.53 Å². The molecule has 1 aromatic carbocycles. The third-order valence-corrected chi connectivity index (χ3v) is 2.55. The number of hydrogen-bond acceptors (Lipinski definition) is 3. The Balaban J connectivity index is 2.89. The molecule has 102 valence electrons. The topological polar surface area (TPSA) is 43.4 Å². The fraction of sp³-hybridized carbons (Fsp3) is 0.375. The first kappa shape index (κ1) is 15.2. The summed E-state index contributed by atoms with van der Waals surface area (Å²) >= 11 is 0. The Morgan fingerprint density at radius 3 is 2.11 bits per heavy atom. The minimum atomic E-state index is -0.491. The van der Waals surface area contributed by atoms with Gasteiger partial charge in [0.2, 0.25) is 0 Å². The lowest BCUT2D eigenvalue weighted by molar-refractivity contribution is -0.148. The molecule has 3 heteroatoms. The van der Waals surface area contributed by atoms with E-state index >= 15 is 0 Å². The van der Waals surface area contributed by atoms with Crippen molar-refractivity contribution in [3.05, 3.63) is 40.5 Å². The van der Waals surface area contributed by atoms with E-state index in [2.05, 4.69) is 0 Å². The molecule has 0 unspecified atom stereocenters. The molecule has 19 heavy (non-hydrogen) atoms. The monoisotopic (exact) mass is 260 g/mol. The summed E-state index contributed by atoms with van der Waals surface area (Å²) < 4.78 is 5.18. The van der Waals surface area contributed by atoms with Gasteiger partial charge in [0.1, 0.15) is 5.60 Å². The highest BCUT2D eigenvalue weighted by atomic mass is 16.6. The first-order chi connectivity index (χ1) is 8.73. The lowest BCUT2D eigenvalue weighted by Crippen LogP contribution is -2.22. The highest BCUT2D eigenvalue weighted by Crippen LogP contribution is 2.16. The normalized spacial score (nSPS) is 11.6. The minimum Gasteiger partial charge on any atom is -0.457 e. The van der Waals surface area contributed by atoms with Crippen LogP contribution in [0, 0.1) is 13.8 Å². The maximum atomic E-state index is 11.6. The molecule has 0 N–H and O–H groups in total. The van der Waals surface area contributed by atoms with Crippen LogP contribution in [0.25, 0.3) is 6.08 Å². The second-order valence-corrected chi connectivity index (χ2v) is 5.55. The molecular weight excluding hydrogens is 240 g/mol. The van der Waals surface area contributed by atoms with Crippen LogP contribution < -0.4 is 0 Å². The van der Waals surface area contributed by atoms with Gasteiger partial charge in [-0.25, -0.2) is 4.79 Å². The van der Waals surface area contributed by atoms with Crippen molar-refractivity contribution in [3.63, 3.8) is 0 Å². The van der Waals surface area contributed by atoms with Gasteiger partial charge < -0.3 is 4.74 Å².